The van der Waals surface area contributed by atoms with Crippen LogP contribution in [-0.4, -0.2) is 81.6 Å². The van der Waals surface area contributed by atoms with Crippen molar-refractivity contribution in [3.05, 3.63) is 32.9 Å². The molecule has 216 valence electrons. The molecule has 3 N–H and O–H groups in total. The molecular formula is C27H32ClFN10OS. The molecule has 7 rings (SSSR count). The van der Waals surface area contributed by atoms with Gasteiger partial charge in [-0.1, -0.05) is 11.6 Å². The fourth-order valence-corrected chi connectivity index (χ4v) is 8.64. The van der Waals surface area contributed by atoms with Gasteiger partial charge in [-0.3, -0.25) is 10.00 Å². The van der Waals surface area contributed by atoms with E-state index in [0.717, 1.165) is 43.5 Å². The van der Waals surface area contributed by atoms with E-state index in [-0.39, 0.29) is 23.0 Å². The number of hydrogen-bond donors (Lipinski definition) is 2. The number of fused-ring (bicyclic) bond motifs is 3. The molecule has 14 heteroatoms. The summed E-state index contributed by atoms with van der Waals surface area (Å²) in [4.78, 5) is 21.7. The molecule has 0 aromatic carbocycles. The second-order valence-electron chi connectivity index (χ2n) is 11.9. The van der Waals surface area contributed by atoms with Gasteiger partial charge in [0, 0.05) is 43.4 Å². The van der Waals surface area contributed by atoms with Crippen molar-refractivity contribution >= 4 is 39.8 Å². The number of aromatic nitrogens is 5. The van der Waals surface area contributed by atoms with Gasteiger partial charge in [-0.05, 0) is 44.7 Å². The molecule has 1 spiro atoms. The molecule has 0 radical (unpaired) electrons. The molecule has 0 bridgehead atoms. The van der Waals surface area contributed by atoms with Gasteiger partial charge in [-0.15, -0.1) is 11.3 Å². The van der Waals surface area contributed by atoms with Crippen LogP contribution >= 0.6 is 22.9 Å². The van der Waals surface area contributed by atoms with Crippen LogP contribution in [0.5, 0.6) is 6.01 Å². The number of nitrogens with zero attached hydrogens (tertiary/aromatic N) is 8. The number of nitrogen functional groups attached to an aromatic ring is 1. The monoisotopic (exact) mass is 598 g/mol. The summed E-state index contributed by atoms with van der Waals surface area (Å²) < 4.78 is 20.6. The second-order valence-corrected chi connectivity index (χ2v) is 13.4. The van der Waals surface area contributed by atoms with E-state index in [9.17, 15) is 9.65 Å². The van der Waals surface area contributed by atoms with Gasteiger partial charge in [-0.25, -0.2) is 4.39 Å². The maximum atomic E-state index is 14.4. The number of ether oxygens (including phenoxy) is 1. The van der Waals surface area contributed by atoms with Gasteiger partial charge < -0.3 is 20.3 Å². The van der Waals surface area contributed by atoms with E-state index >= 15 is 0 Å². The van der Waals surface area contributed by atoms with Crippen LogP contribution in [-0.2, 0) is 11.8 Å². The molecule has 41 heavy (non-hydrogen) atoms. The quantitative estimate of drug-likeness (QED) is 0.415. The molecule has 1 aliphatic carbocycles. The maximum Gasteiger partial charge on any atom is 0.323 e. The van der Waals surface area contributed by atoms with E-state index < -0.39 is 6.17 Å². The highest BCUT2D eigenvalue weighted by molar-refractivity contribution is 7.16. The molecule has 6 heterocycles. The zero-order chi connectivity index (χ0) is 28.5. The van der Waals surface area contributed by atoms with Crippen LogP contribution in [0.15, 0.2) is 6.20 Å². The van der Waals surface area contributed by atoms with Crippen LogP contribution in [0.1, 0.15) is 60.3 Å². The van der Waals surface area contributed by atoms with E-state index in [1.54, 1.807) is 6.20 Å². The summed E-state index contributed by atoms with van der Waals surface area (Å²) in [5, 5.41) is 17.9. The predicted octanol–water partition coefficient (Wildman–Crippen LogP) is 3.62. The van der Waals surface area contributed by atoms with Crippen molar-refractivity contribution in [2.75, 3.05) is 55.4 Å². The number of aromatic amines is 1. The largest absolute Gasteiger partial charge is 0.461 e. The Morgan fingerprint density at radius 2 is 2.20 bits per heavy atom. The van der Waals surface area contributed by atoms with Gasteiger partial charge in [0.2, 0.25) is 11.9 Å². The van der Waals surface area contributed by atoms with E-state index in [2.05, 4.69) is 31.1 Å². The summed E-state index contributed by atoms with van der Waals surface area (Å²) in [6, 6.07) is 2.34. The average molecular weight is 599 g/mol. The molecule has 1 unspecified atom stereocenters. The lowest BCUT2D eigenvalue weighted by Crippen LogP contribution is -2.59. The second kappa shape index (κ2) is 9.68. The minimum Gasteiger partial charge on any atom is -0.461 e. The first-order chi connectivity index (χ1) is 19.7. The Balaban J connectivity index is 1.18. The first kappa shape index (κ1) is 26.7. The number of nitrogens with two attached hydrogens (primary N) is 1. The lowest BCUT2D eigenvalue weighted by atomic mass is 9.74. The summed E-state index contributed by atoms with van der Waals surface area (Å²) in [5.41, 5.74) is 8.20. The first-order valence-electron chi connectivity index (χ1n) is 14.0. The standard InChI is InChI=1S/C27H32ClFN10OS/c1-15(21-18(28)10-32-36-21)37(2)23-33-24(35-25(34-23)40-14-27-5-3-7-39(27)11-16(29)8-27)38-12-26(13-38)6-4-19-20(26)17(9-30)22(31)41-19/h10,15-16H,3-8,11-14,31H2,1-2H3,(H,32,36)/t15?,16-,27+/m1/s1. The third-order valence-electron chi connectivity index (χ3n) is 9.51. The molecule has 11 nitrogen and oxygen atoms in total. The highest BCUT2D eigenvalue weighted by Gasteiger charge is 2.52. The topological polar surface area (TPSA) is 136 Å². The third-order valence-corrected chi connectivity index (χ3v) is 10.9. The molecule has 3 saturated heterocycles. The molecule has 3 fully saturated rings. The van der Waals surface area contributed by atoms with Gasteiger partial charge in [0.25, 0.3) is 0 Å². The van der Waals surface area contributed by atoms with Crippen molar-refractivity contribution in [3.8, 4) is 12.1 Å². The smallest absolute Gasteiger partial charge is 0.323 e. The Labute approximate surface area is 246 Å². The number of halogens is 2. The fourth-order valence-electron chi connectivity index (χ4n) is 7.25. The Morgan fingerprint density at radius 3 is 2.95 bits per heavy atom. The number of alkyl halides is 1. The molecule has 0 amide bonds. The molecule has 3 aromatic rings. The lowest BCUT2D eigenvalue weighted by Gasteiger charge is -2.48. The molecule has 3 aliphatic heterocycles. The number of hydrogen-bond acceptors (Lipinski definition) is 11. The zero-order valence-electron chi connectivity index (χ0n) is 23.0. The lowest BCUT2D eigenvalue weighted by molar-refractivity contribution is 0.107. The molecule has 3 aromatic heterocycles. The SMILES string of the molecule is CC(c1[nH]ncc1Cl)N(C)c1nc(OC[C@@]23CCCN2C[C@H](F)C3)nc(N2CC3(CCc4sc(N)c(C#N)c43)C2)n1. The number of H-pyrrole nitrogens is 1. The minimum absolute atomic E-state index is 0.131. The summed E-state index contributed by atoms with van der Waals surface area (Å²) in [7, 11) is 1.89. The van der Waals surface area contributed by atoms with Crippen LogP contribution in [0.2, 0.25) is 5.02 Å². The van der Waals surface area contributed by atoms with E-state index in [1.165, 1.54) is 16.2 Å². The van der Waals surface area contributed by atoms with Crippen LogP contribution in [0.3, 0.4) is 0 Å². The first-order valence-corrected chi connectivity index (χ1v) is 15.2. The minimum atomic E-state index is -0.840. The molecular weight excluding hydrogens is 567 g/mol. The normalized spacial score (nSPS) is 25.1. The number of anilines is 3. The highest BCUT2D eigenvalue weighted by atomic mass is 35.5. The number of thiophene rings is 1. The maximum absolute atomic E-state index is 14.4. The summed E-state index contributed by atoms with van der Waals surface area (Å²) >= 11 is 7.89. The summed E-state index contributed by atoms with van der Waals surface area (Å²) in [6.45, 7) is 5.02. The molecule has 0 saturated carbocycles. The van der Waals surface area contributed by atoms with E-state index in [4.69, 9.17) is 32.0 Å². The van der Waals surface area contributed by atoms with Crippen molar-refractivity contribution in [2.24, 2.45) is 0 Å². The number of rotatable bonds is 7. The fraction of sp³-hybridized carbons (Fsp3) is 0.593. The van der Waals surface area contributed by atoms with Crippen LogP contribution in [0.25, 0.3) is 0 Å². The van der Waals surface area contributed by atoms with E-state index in [1.807, 2.05) is 18.9 Å². The van der Waals surface area contributed by atoms with Gasteiger partial charge in [-0.2, -0.15) is 25.3 Å². The van der Waals surface area contributed by atoms with Crippen LogP contribution in [0, 0.1) is 11.3 Å². The predicted molar refractivity (Wildman–Crippen MR) is 154 cm³/mol. The number of nitriles is 1. The Bertz CT molecular complexity index is 1530. The van der Waals surface area contributed by atoms with Crippen molar-refractivity contribution in [3.63, 3.8) is 0 Å². The van der Waals surface area contributed by atoms with Gasteiger partial charge in [0.1, 0.15) is 23.8 Å². The Morgan fingerprint density at radius 1 is 1.37 bits per heavy atom. The highest BCUT2D eigenvalue weighted by Crippen LogP contribution is 2.52. The van der Waals surface area contributed by atoms with Crippen LogP contribution in [0.4, 0.5) is 21.3 Å². The van der Waals surface area contributed by atoms with Gasteiger partial charge in [0.15, 0.2) is 0 Å². The van der Waals surface area contributed by atoms with Crippen molar-refractivity contribution in [2.45, 2.75) is 62.2 Å². The Kier molecular flexibility index (Phi) is 6.29. The Hall–Kier alpha value is -3.21. The third kappa shape index (κ3) is 4.21. The average Bonchev–Trinajstić information content (AvgIpc) is 3.72. The van der Waals surface area contributed by atoms with Crippen molar-refractivity contribution in [1.29, 1.82) is 5.26 Å². The summed E-state index contributed by atoms with van der Waals surface area (Å²) in [6.07, 6.45) is 5.03. The zero-order valence-corrected chi connectivity index (χ0v) is 24.6. The summed E-state index contributed by atoms with van der Waals surface area (Å²) in [5.74, 6) is 0.945. The van der Waals surface area contributed by atoms with Gasteiger partial charge >= 0.3 is 6.01 Å². The molecule has 4 aliphatic rings. The van der Waals surface area contributed by atoms with Gasteiger partial charge in [0.05, 0.1) is 34.1 Å². The van der Waals surface area contributed by atoms with Crippen molar-refractivity contribution in [1.82, 2.24) is 30.0 Å². The number of nitrogens with one attached hydrogen (secondary N) is 1. The van der Waals surface area contributed by atoms with Crippen LogP contribution < -0.4 is 20.3 Å². The van der Waals surface area contributed by atoms with E-state index in [0.29, 0.717) is 60.1 Å². The molecule has 3 atom stereocenters. The number of aryl methyl sites for hydroxylation is 1. The van der Waals surface area contributed by atoms with Crippen molar-refractivity contribution < 1.29 is 9.13 Å².